The summed E-state index contributed by atoms with van der Waals surface area (Å²) in [5.41, 5.74) is 1.63. The van der Waals surface area contributed by atoms with Gasteiger partial charge in [0.05, 0.1) is 6.61 Å². The lowest BCUT2D eigenvalue weighted by atomic mass is 9.92. The Morgan fingerprint density at radius 3 is 2.10 bits per heavy atom. The largest absolute Gasteiger partial charge is 0.396 e. The van der Waals surface area contributed by atoms with Gasteiger partial charge in [-0.05, 0) is 41.8 Å². The maximum absolute atomic E-state index is 9.64. The summed E-state index contributed by atoms with van der Waals surface area (Å²) in [7, 11) is 0. The highest BCUT2D eigenvalue weighted by Crippen LogP contribution is 2.33. The van der Waals surface area contributed by atoms with Crippen LogP contribution in [-0.2, 0) is 6.42 Å². The van der Waals surface area contributed by atoms with Gasteiger partial charge >= 0.3 is 0 Å². The summed E-state index contributed by atoms with van der Waals surface area (Å²) in [6, 6.07) is 10.6. The highest BCUT2D eigenvalue weighted by Gasteiger charge is 2.18. The summed E-state index contributed by atoms with van der Waals surface area (Å²) >= 11 is 24.4. The van der Waals surface area contributed by atoms with Gasteiger partial charge in [0.25, 0.3) is 0 Å². The first-order chi connectivity index (χ1) is 9.52. The molecule has 2 aromatic carbocycles. The van der Waals surface area contributed by atoms with Crippen LogP contribution in [0.3, 0.4) is 0 Å². The lowest BCUT2D eigenvalue weighted by molar-refractivity contribution is 0.264. The molecule has 0 aliphatic carbocycles. The summed E-state index contributed by atoms with van der Waals surface area (Å²) in [6.07, 6.45) is 0.510. The van der Waals surface area contributed by atoms with Gasteiger partial charge in [0.15, 0.2) is 0 Å². The maximum Gasteiger partial charge on any atom is 0.0503 e. The van der Waals surface area contributed by atoms with Gasteiger partial charge in [-0.15, -0.1) is 0 Å². The Balaban J connectivity index is 2.34. The van der Waals surface area contributed by atoms with Crippen LogP contribution in [0, 0.1) is 0 Å². The maximum atomic E-state index is 9.64. The van der Waals surface area contributed by atoms with Crippen LogP contribution in [0.2, 0.25) is 20.1 Å². The van der Waals surface area contributed by atoms with Crippen LogP contribution in [0.25, 0.3) is 0 Å². The Bertz CT molecular complexity index is 593. The number of hydrogen-bond donors (Lipinski definition) is 1. The molecule has 2 rings (SSSR count). The van der Waals surface area contributed by atoms with E-state index in [4.69, 9.17) is 46.4 Å². The monoisotopic (exact) mass is 348 g/mol. The minimum atomic E-state index is -0.183. The molecule has 0 fully saturated rings. The quantitative estimate of drug-likeness (QED) is 0.759. The average Bonchev–Trinajstić information content (AvgIpc) is 2.40. The van der Waals surface area contributed by atoms with Gasteiger partial charge in [-0.2, -0.15) is 0 Å². The molecule has 0 unspecified atom stereocenters. The van der Waals surface area contributed by atoms with Crippen molar-refractivity contribution >= 4 is 46.4 Å². The second-order valence-electron chi connectivity index (χ2n) is 4.45. The van der Waals surface area contributed by atoms with E-state index in [1.165, 1.54) is 0 Å². The number of aliphatic hydroxyl groups excluding tert-OH is 1. The molecule has 0 aliphatic heterocycles. The van der Waals surface area contributed by atoms with E-state index in [0.717, 1.165) is 11.1 Å². The Morgan fingerprint density at radius 1 is 0.900 bits per heavy atom. The van der Waals surface area contributed by atoms with Gasteiger partial charge in [-0.1, -0.05) is 58.5 Å². The molecule has 0 saturated heterocycles. The van der Waals surface area contributed by atoms with E-state index in [9.17, 15) is 5.11 Å². The average molecular weight is 350 g/mol. The highest BCUT2D eigenvalue weighted by molar-refractivity contribution is 6.36. The molecule has 1 N–H and O–H groups in total. The Morgan fingerprint density at radius 2 is 1.55 bits per heavy atom. The van der Waals surface area contributed by atoms with Crippen LogP contribution >= 0.6 is 46.4 Å². The molecule has 20 heavy (non-hydrogen) atoms. The molecule has 0 aromatic heterocycles. The van der Waals surface area contributed by atoms with Gasteiger partial charge in [0.2, 0.25) is 0 Å². The second-order valence-corrected chi connectivity index (χ2v) is 6.11. The molecule has 0 saturated carbocycles. The fraction of sp³-hybridized carbons (Fsp3) is 0.200. The van der Waals surface area contributed by atoms with E-state index in [2.05, 4.69) is 0 Å². The molecule has 2 aromatic rings. The zero-order valence-corrected chi connectivity index (χ0v) is 13.4. The van der Waals surface area contributed by atoms with Crippen LogP contribution in [-0.4, -0.2) is 11.7 Å². The molecule has 0 radical (unpaired) electrons. The van der Waals surface area contributed by atoms with Crippen molar-refractivity contribution in [2.75, 3.05) is 6.61 Å². The van der Waals surface area contributed by atoms with E-state index in [0.29, 0.717) is 26.5 Å². The smallest absolute Gasteiger partial charge is 0.0503 e. The fourth-order valence-corrected chi connectivity index (χ4v) is 3.19. The minimum Gasteiger partial charge on any atom is -0.396 e. The topological polar surface area (TPSA) is 20.2 Å². The van der Waals surface area contributed by atoms with Crippen LogP contribution in [0.4, 0.5) is 0 Å². The Labute approximate surface area is 138 Å². The van der Waals surface area contributed by atoms with Gasteiger partial charge < -0.3 is 5.11 Å². The van der Waals surface area contributed by atoms with Crippen molar-refractivity contribution < 1.29 is 5.11 Å². The first-order valence-electron chi connectivity index (χ1n) is 6.01. The number of halogens is 4. The predicted molar refractivity (Wildman–Crippen MR) is 86.5 cm³/mol. The van der Waals surface area contributed by atoms with Gasteiger partial charge in [-0.25, -0.2) is 0 Å². The number of benzene rings is 2. The van der Waals surface area contributed by atoms with Crippen molar-refractivity contribution in [3.05, 3.63) is 67.6 Å². The zero-order valence-electron chi connectivity index (χ0n) is 10.4. The van der Waals surface area contributed by atoms with Crippen molar-refractivity contribution in [2.45, 2.75) is 12.3 Å². The molecule has 0 heterocycles. The van der Waals surface area contributed by atoms with Crippen LogP contribution < -0.4 is 0 Å². The van der Waals surface area contributed by atoms with E-state index >= 15 is 0 Å². The Hall–Kier alpha value is -0.440. The highest BCUT2D eigenvalue weighted by atomic mass is 35.5. The van der Waals surface area contributed by atoms with Crippen molar-refractivity contribution in [1.82, 2.24) is 0 Å². The Kier molecular flexibility index (Phi) is 5.59. The van der Waals surface area contributed by atoms with Crippen molar-refractivity contribution in [3.63, 3.8) is 0 Å². The molecule has 1 nitrogen and oxygen atoms in total. The number of hydrogen-bond acceptors (Lipinski definition) is 1. The van der Waals surface area contributed by atoms with Crippen molar-refractivity contribution in [2.24, 2.45) is 0 Å². The van der Waals surface area contributed by atoms with Crippen molar-refractivity contribution in [1.29, 1.82) is 0 Å². The molecule has 1 atom stereocenters. The van der Waals surface area contributed by atoms with E-state index < -0.39 is 0 Å². The van der Waals surface area contributed by atoms with E-state index in [1.807, 2.05) is 6.07 Å². The summed E-state index contributed by atoms with van der Waals surface area (Å²) in [4.78, 5) is 0. The summed E-state index contributed by atoms with van der Waals surface area (Å²) < 4.78 is 0. The third-order valence-corrected chi connectivity index (χ3v) is 4.41. The predicted octanol–water partition coefficient (Wildman–Crippen LogP) is 5.62. The van der Waals surface area contributed by atoms with Crippen LogP contribution in [0.15, 0.2) is 36.4 Å². The summed E-state index contributed by atoms with van der Waals surface area (Å²) in [5.74, 6) is -0.183. The molecule has 5 heteroatoms. The van der Waals surface area contributed by atoms with Gasteiger partial charge in [0, 0.05) is 26.0 Å². The van der Waals surface area contributed by atoms with Gasteiger partial charge in [0.1, 0.15) is 0 Å². The molecule has 0 bridgehead atoms. The lowest BCUT2D eigenvalue weighted by Gasteiger charge is -2.18. The van der Waals surface area contributed by atoms with Crippen LogP contribution in [0.1, 0.15) is 17.0 Å². The molecule has 0 amide bonds. The molecular weight excluding hydrogens is 338 g/mol. The zero-order chi connectivity index (χ0) is 14.7. The number of rotatable bonds is 4. The molecule has 0 spiro atoms. The standard InChI is InChI=1S/C15H12Cl4O/c16-10-4-5-11(15(19)7-10)9(8-20)6-12-13(17)2-1-3-14(12)18/h1-5,7,9,20H,6,8H2/t9-/m0/s1. The SMILES string of the molecule is OC[C@H](Cc1c(Cl)cccc1Cl)c1ccc(Cl)cc1Cl. The third-order valence-electron chi connectivity index (χ3n) is 3.13. The lowest BCUT2D eigenvalue weighted by Crippen LogP contribution is -2.09. The molecule has 106 valence electrons. The second kappa shape index (κ2) is 7.02. The molecule has 0 aliphatic rings. The first-order valence-corrected chi connectivity index (χ1v) is 7.52. The summed E-state index contributed by atoms with van der Waals surface area (Å²) in [6.45, 7) is -0.0527. The van der Waals surface area contributed by atoms with E-state index in [1.54, 1.807) is 30.3 Å². The summed E-state index contributed by atoms with van der Waals surface area (Å²) in [5, 5.41) is 11.9. The van der Waals surface area contributed by atoms with E-state index in [-0.39, 0.29) is 12.5 Å². The first kappa shape index (κ1) is 15.9. The third kappa shape index (κ3) is 3.60. The fourth-order valence-electron chi connectivity index (χ4n) is 2.08. The van der Waals surface area contributed by atoms with Crippen molar-refractivity contribution in [3.8, 4) is 0 Å². The molecular formula is C15H12Cl4O. The normalized spacial score (nSPS) is 12.4. The number of aliphatic hydroxyl groups is 1. The van der Waals surface area contributed by atoms with Gasteiger partial charge in [-0.3, -0.25) is 0 Å². The van der Waals surface area contributed by atoms with Crippen LogP contribution in [0.5, 0.6) is 0 Å². The minimum absolute atomic E-state index is 0.0527.